The first-order chi connectivity index (χ1) is 14.1. The maximum absolute atomic E-state index is 12.8. The Hall–Kier alpha value is -1.34. The zero-order valence-electron chi connectivity index (χ0n) is 17.5. The Bertz CT molecular complexity index is 590. The molecule has 2 aliphatic heterocycles. The smallest absolute Gasteiger partial charge is 0.315 e. The van der Waals surface area contributed by atoms with E-state index in [9.17, 15) is 9.59 Å². The standard InChI is InChI=1S/C22H36N4O3/c27-20(26-5-7-29-8-6-26)15-25-3-1-19(2-4-25)23-21(28)24-22-12-16-9-17(13-22)11-18(10-16)14-22/h16-19H,1-15H2,(H2,23,24,28). The van der Waals surface area contributed by atoms with Crippen molar-refractivity contribution in [3.05, 3.63) is 0 Å². The van der Waals surface area contributed by atoms with Crippen LogP contribution in [0.3, 0.4) is 0 Å². The molecule has 0 spiro atoms. The lowest BCUT2D eigenvalue weighted by Crippen LogP contribution is -2.62. The molecule has 29 heavy (non-hydrogen) atoms. The summed E-state index contributed by atoms with van der Waals surface area (Å²) in [6.45, 7) is 4.96. The minimum absolute atomic E-state index is 0.0368. The molecule has 6 rings (SSSR count). The molecule has 0 aromatic rings. The number of piperidine rings is 1. The molecule has 0 atom stereocenters. The molecule has 4 bridgehead atoms. The number of nitrogens with zero attached hydrogens (tertiary/aromatic N) is 2. The highest BCUT2D eigenvalue weighted by Crippen LogP contribution is 2.55. The van der Waals surface area contributed by atoms with Gasteiger partial charge in [-0.25, -0.2) is 4.79 Å². The van der Waals surface area contributed by atoms with Gasteiger partial charge >= 0.3 is 6.03 Å². The van der Waals surface area contributed by atoms with E-state index in [0.717, 1.165) is 43.7 Å². The Morgan fingerprint density at radius 2 is 1.48 bits per heavy atom. The van der Waals surface area contributed by atoms with Gasteiger partial charge in [0.2, 0.25) is 5.91 Å². The number of urea groups is 1. The summed E-state index contributed by atoms with van der Waals surface area (Å²) in [5.41, 5.74) is 0.0735. The van der Waals surface area contributed by atoms with Crippen LogP contribution in [0.1, 0.15) is 51.4 Å². The molecular weight excluding hydrogens is 368 g/mol. The van der Waals surface area contributed by atoms with Crippen molar-refractivity contribution in [2.75, 3.05) is 45.9 Å². The SMILES string of the molecule is O=C(NC1CCN(CC(=O)N2CCOCC2)CC1)NC12CC3CC(CC(C3)C1)C2. The molecule has 2 N–H and O–H groups in total. The molecule has 0 unspecified atom stereocenters. The highest BCUT2D eigenvalue weighted by Gasteiger charge is 2.51. The average Bonchev–Trinajstić information content (AvgIpc) is 2.68. The van der Waals surface area contributed by atoms with Crippen LogP contribution in [0.2, 0.25) is 0 Å². The number of ether oxygens (including phenoxy) is 1. The number of carbonyl (C=O) groups is 2. The molecule has 4 saturated carbocycles. The van der Waals surface area contributed by atoms with Gasteiger partial charge in [0.05, 0.1) is 19.8 Å². The van der Waals surface area contributed by atoms with Crippen molar-refractivity contribution in [3.8, 4) is 0 Å². The maximum atomic E-state index is 12.8. The van der Waals surface area contributed by atoms with Crippen molar-refractivity contribution in [2.24, 2.45) is 17.8 Å². The van der Waals surface area contributed by atoms with Gasteiger partial charge in [-0.2, -0.15) is 0 Å². The summed E-state index contributed by atoms with van der Waals surface area (Å²) in [4.78, 5) is 29.3. The topological polar surface area (TPSA) is 73.9 Å². The second-order valence-corrected chi connectivity index (χ2v) is 10.3. The van der Waals surface area contributed by atoms with Gasteiger partial charge in [0, 0.05) is 37.8 Å². The number of rotatable bonds is 4. The van der Waals surface area contributed by atoms with Crippen molar-refractivity contribution >= 4 is 11.9 Å². The number of carbonyl (C=O) groups excluding carboxylic acids is 2. The van der Waals surface area contributed by atoms with Crippen LogP contribution in [0.4, 0.5) is 4.79 Å². The lowest BCUT2D eigenvalue weighted by Gasteiger charge is -2.56. The average molecular weight is 405 g/mol. The number of nitrogens with one attached hydrogen (secondary N) is 2. The van der Waals surface area contributed by atoms with Gasteiger partial charge in [-0.3, -0.25) is 9.69 Å². The summed E-state index contributed by atoms with van der Waals surface area (Å²) >= 11 is 0. The molecular formula is C22H36N4O3. The number of likely N-dealkylation sites (tertiary alicyclic amines) is 1. The first-order valence-corrected chi connectivity index (χ1v) is 11.7. The van der Waals surface area contributed by atoms with Gasteiger partial charge in [-0.15, -0.1) is 0 Å². The Kier molecular flexibility index (Phi) is 5.45. The van der Waals surface area contributed by atoms with E-state index in [1.54, 1.807) is 0 Å². The van der Waals surface area contributed by atoms with Crippen LogP contribution in [0.5, 0.6) is 0 Å². The minimum Gasteiger partial charge on any atom is -0.378 e. The van der Waals surface area contributed by atoms with Crippen LogP contribution in [0.15, 0.2) is 0 Å². The van der Waals surface area contributed by atoms with Gasteiger partial charge in [0.25, 0.3) is 0 Å². The first-order valence-electron chi connectivity index (χ1n) is 11.7. The fourth-order valence-electron chi connectivity index (χ4n) is 7.07. The van der Waals surface area contributed by atoms with Crippen LogP contribution < -0.4 is 10.6 Å². The third-order valence-electron chi connectivity index (χ3n) is 8.06. The minimum atomic E-state index is 0.0368. The Balaban J connectivity index is 1.05. The van der Waals surface area contributed by atoms with Crippen LogP contribution in [0.25, 0.3) is 0 Å². The summed E-state index contributed by atoms with van der Waals surface area (Å²) in [5, 5.41) is 6.66. The van der Waals surface area contributed by atoms with E-state index < -0.39 is 0 Å². The lowest BCUT2D eigenvalue weighted by atomic mass is 9.53. The van der Waals surface area contributed by atoms with Gasteiger partial charge in [-0.05, 0) is 69.1 Å². The summed E-state index contributed by atoms with van der Waals surface area (Å²) in [6, 6.07) is 0.258. The number of hydrogen-bond donors (Lipinski definition) is 2. The van der Waals surface area contributed by atoms with E-state index in [0.29, 0.717) is 32.8 Å². The quantitative estimate of drug-likeness (QED) is 0.746. The molecule has 162 valence electrons. The molecule has 4 aliphatic carbocycles. The van der Waals surface area contributed by atoms with Crippen molar-refractivity contribution in [3.63, 3.8) is 0 Å². The fraction of sp³-hybridized carbons (Fsp3) is 0.909. The van der Waals surface area contributed by atoms with Crippen LogP contribution >= 0.6 is 0 Å². The van der Waals surface area contributed by atoms with Crippen molar-refractivity contribution in [1.29, 1.82) is 0 Å². The first kappa shape index (κ1) is 19.6. The zero-order chi connectivity index (χ0) is 19.8. The predicted octanol–water partition coefficient (Wildman–Crippen LogP) is 1.58. The third kappa shape index (κ3) is 4.41. The van der Waals surface area contributed by atoms with Crippen molar-refractivity contribution in [1.82, 2.24) is 20.4 Å². The van der Waals surface area contributed by atoms with E-state index in [1.807, 2.05) is 4.90 Å². The second kappa shape index (κ2) is 8.06. The highest BCUT2D eigenvalue weighted by molar-refractivity contribution is 5.78. The lowest BCUT2D eigenvalue weighted by molar-refractivity contribution is -0.136. The monoisotopic (exact) mass is 404 g/mol. The van der Waals surface area contributed by atoms with E-state index in [2.05, 4.69) is 15.5 Å². The maximum Gasteiger partial charge on any atom is 0.315 e. The molecule has 2 heterocycles. The summed E-state index contributed by atoms with van der Waals surface area (Å²) in [6.07, 6.45) is 9.59. The van der Waals surface area contributed by atoms with E-state index in [1.165, 1.54) is 38.5 Å². The van der Waals surface area contributed by atoms with E-state index in [4.69, 9.17) is 4.74 Å². The van der Waals surface area contributed by atoms with Gasteiger partial charge in [0.1, 0.15) is 0 Å². The van der Waals surface area contributed by atoms with Gasteiger partial charge in [0.15, 0.2) is 0 Å². The fourth-order valence-corrected chi connectivity index (χ4v) is 7.07. The van der Waals surface area contributed by atoms with Crippen LogP contribution in [-0.4, -0.2) is 79.3 Å². The molecule has 0 radical (unpaired) electrons. The number of hydrogen-bond acceptors (Lipinski definition) is 4. The molecule has 2 saturated heterocycles. The van der Waals surface area contributed by atoms with Gasteiger partial charge in [-0.1, -0.05) is 0 Å². The zero-order valence-corrected chi connectivity index (χ0v) is 17.5. The molecule has 7 heteroatoms. The van der Waals surface area contributed by atoms with Crippen molar-refractivity contribution in [2.45, 2.75) is 62.9 Å². The number of morpholine rings is 1. The van der Waals surface area contributed by atoms with Gasteiger partial charge < -0.3 is 20.3 Å². The van der Waals surface area contributed by atoms with E-state index >= 15 is 0 Å². The third-order valence-corrected chi connectivity index (χ3v) is 8.06. The Labute approximate surface area is 173 Å². The predicted molar refractivity (Wildman–Crippen MR) is 109 cm³/mol. The molecule has 3 amide bonds. The summed E-state index contributed by atoms with van der Waals surface area (Å²) < 4.78 is 5.32. The summed E-state index contributed by atoms with van der Waals surface area (Å²) in [7, 11) is 0. The van der Waals surface area contributed by atoms with Crippen LogP contribution in [-0.2, 0) is 9.53 Å². The largest absolute Gasteiger partial charge is 0.378 e. The molecule has 6 aliphatic rings. The Morgan fingerprint density at radius 1 is 0.897 bits per heavy atom. The number of amides is 3. The van der Waals surface area contributed by atoms with Crippen molar-refractivity contribution < 1.29 is 14.3 Å². The molecule has 0 aromatic heterocycles. The Morgan fingerprint density at radius 3 is 2.07 bits per heavy atom. The second-order valence-electron chi connectivity index (χ2n) is 10.3. The molecule has 7 nitrogen and oxygen atoms in total. The van der Waals surface area contributed by atoms with Crippen LogP contribution in [0, 0.1) is 17.8 Å². The molecule has 6 fully saturated rings. The van der Waals surface area contributed by atoms with E-state index in [-0.39, 0.29) is 23.5 Å². The highest BCUT2D eigenvalue weighted by atomic mass is 16.5. The summed E-state index contributed by atoms with van der Waals surface area (Å²) in [5.74, 6) is 2.73. The normalized spacial score (nSPS) is 37.5. The molecule has 0 aromatic carbocycles.